The second-order valence-electron chi connectivity index (χ2n) is 3.87. The van der Waals surface area contributed by atoms with Crippen LogP contribution in [0, 0.1) is 11.7 Å². The zero-order valence-corrected chi connectivity index (χ0v) is 11.0. The second kappa shape index (κ2) is 6.33. The molecule has 4 heteroatoms. The van der Waals surface area contributed by atoms with Crippen LogP contribution in [0.25, 0.3) is 0 Å². The lowest BCUT2D eigenvalue weighted by molar-refractivity contribution is 0.0880. The maximum Gasteiger partial charge on any atom is 0.124 e. The van der Waals surface area contributed by atoms with Gasteiger partial charge in [-0.3, -0.25) is 0 Å². The monoisotopic (exact) mass is 290 g/mol. The molecule has 0 aliphatic carbocycles. The van der Waals surface area contributed by atoms with Gasteiger partial charge in [-0.25, -0.2) is 4.39 Å². The van der Waals surface area contributed by atoms with Crippen LogP contribution in [-0.2, 0) is 4.74 Å². The van der Waals surface area contributed by atoms with Gasteiger partial charge in [0.25, 0.3) is 0 Å². The topological polar surface area (TPSA) is 29.5 Å². The fourth-order valence-corrected chi connectivity index (χ4v) is 2.09. The molecule has 1 N–H and O–H groups in total. The van der Waals surface area contributed by atoms with Gasteiger partial charge >= 0.3 is 0 Å². The summed E-state index contributed by atoms with van der Waals surface area (Å²) in [5.74, 6) is -0.242. The molecule has 0 heterocycles. The first-order valence-electron chi connectivity index (χ1n) is 5.18. The molecule has 0 amide bonds. The van der Waals surface area contributed by atoms with Crippen LogP contribution in [0.4, 0.5) is 4.39 Å². The van der Waals surface area contributed by atoms with Crippen LogP contribution < -0.4 is 0 Å². The number of ether oxygens (including phenoxy) is 1. The first-order chi connectivity index (χ1) is 7.56. The van der Waals surface area contributed by atoms with E-state index in [4.69, 9.17) is 4.74 Å². The highest BCUT2D eigenvalue weighted by atomic mass is 79.9. The summed E-state index contributed by atoms with van der Waals surface area (Å²) in [6, 6.07) is 4.32. The summed E-state index contributed by atoms with van der Waals surface area (Å²) in [6.07, 6.45) is 0.159. The lowest BCUT2D eigenvalue weighted by Gasteiger charge is -2.20. The van der Waals surface area contributed by atoms with Gasteiger partial charge in [0.15, 0.2) is 0 Å². The van der Waals surface area contributed by atoms with E-state index in [1.165, 1.54) is 12.1 Å². The molecular weight excluding hydrogens is 275 g/mol. The molecule has 16 heavy (non-hydrogen) atoms. The largest absolute Gasteiger partial charge is 0.388 e. The summed E-state index contributed by atoms with van der Waals surface area (Å²) < 4.78 is 18.4. The summed E-state index contributed by atoms with van der Waals surface area (Å²) in [7, 11) is 1.63. The van der Waals surface area contributed by atoms with Crippen LogP contribution in [0.1, 0.15) is 25.0 Å². The SMILES string of the molecule is COCCC(C)C(O)c1ccc(F)cc1Br. The van der Waals surface area contributed by atoms with Crippen LogP contribution in [-0.4, -0.2) is 18.8 Å². The average molecular weight is 291 g/mol. The van der Waals surface area contributed by atoms with Crippen molar-refractivity contribution >= 4 is 15.9 Å². The number of hydrogen-bond donors (Lipinski definition) is 1. The minimum atomic E-state index is -0.606. The van der Waals surface area contributed by atoms with Gasteiger partial charge in [-0.1, -0.05) is 28.9 Å². The molecule has 1 aromatic rings. The molecule has 0 spiro atoms. The summed E-state index contributed by atoms with van der Waals surface area (Å²) >= 11 is 3.25. The Morgan fingerprint density at radius 1 is 1.50 bits per heavy atom. The Morgan fingerprint density at radius 2 is 2.19 bits per heavy atom. The van der Waals surface area contributed by atoms with E-state index in [0.717, 1.165) is 6.42 Å². The van der Waals surface area contributed by atoms with Gasteiger partial charge < -0.3 is 9.84 Å². The molecule has 0 fully saturated rings. The second-order valence-corrected chi connectivity index (χ2v) is 4.72. The maximum atomic E-state index is 12.9. The van der Waals surface area contributed by atoms with E-state index in [2.05, 4.69) is 15.9 Å². The van der Waals surface area contributed by atoms with E-state index in [-0.39, 0.29) is 11.7 Å². The molecule has 2 unspecified atom stereocenters. The Morgan fingerprint density at radius 3 is 2.75 bits per heavy atom. The van der Waals surface area contributed by atoms with Crippen molar-refractivity contribution in [2.24, 2.45) is 5.92 Å². The molecular formula is C12H16BrFO2. The molecule has 0 saturated carbocycles. The van der Waals surface area contributed by atoms with Gasteiger partial charge in [-0.15, -0.1) is 0 Å². The van der Waals surface area contributed by atoms with Crippen LogP contribution in [0.2, 0.25) is 0 Å². The predicted octanol–water partition coefficient (Wildman–Crippen LogP) is 3.29. The lowest BCUT2D eigenvalue weighted by Crippen LogP contribution is -2.12. The van der Waals surface area contributed by atoms with Crippen molar-refractivity contribution in [3.05, 3.63) is 34.1 Å². The van der Waals surface area contributed by atoms with Crippen molar-refractivity contribution in [2.75, 3.05) is 13.7 Å². The molecule has 0 aromatic heterocycles. The normalized spacial score (nSPS) is 14.8. The van der Waals surface area contributed by atoms with Crippen molar-refractivity contribution in [3.63, 3.8) is 0 Å². The smallest absolute Gasteiger partial charge is 0.124 e. The third-order valence-corrected chi connectivity index (χ3v) is 3.28. The van der Waals surface area contributed by atoms with E-state index in [9.17, 15) is 9.50 Å². The number of rotatable bonds is 5. The predicted molar refractivity (Wildman–Crippen MR) is 64.7 cm³/mol. The Balaban J connectivity index is 2.75. The molecule has 90 valence electrons. The minimum Gasteiger partial charge on any atom is -0.388 e. The highest BCUT2D eigenvalue weighted by Crippen LogP contribution is 2.30. The summed E-state index contributed by atoms with van der Waals surface area (Å²) in [4.78, 5) is 0. The Kier molecular flexibility index (Phi) is 5.38. The van der Waals surface area contributed by atoms with Crippen molar-refractivity contribution in [2.45, 2.75) is 19.4 Å². The van der Waals surface area contributed by atoms with Crippen LogP contribution >= 0.6 is 15.9 Å². The molecule has 0 saturated heterocycles. The standard InChI is InChI=1S/C12H16BrFO2/c1-8(5-6-16-2)12(15)10-4-3-9(14)7-11(10)13/h3-4,7-8,12,15H,5-6H2,1-2H3. The molecule has 1 rings (SSSR count). The number of benzene rings is 1. The summed E-state index contributed by atoms with van der Waals surface area (Å²) in [6.45, 7) is 2.55. The number of aliphatic hydroxyl groups excluding tert-OH is 1. The van der Waals surface area contributed by atoms with Crippen molar-refractivity contribution in [1.29, 1.82) is 0 Å². The highest BCUT2D eigenvalue weighted by Gasteiger charge is 2.18. The van der Waals surface area contributed by atoms with Gasteiger partial charge in [0.2, 0.25) is 0 Å². The molecule has 0 radical (unpaired) electrons. The zero-order chi connectivity index (χ0) is 12.1. The van der Waals surface area contributed by atoms with Crippen molar-refractivity contribution in [3.8, 4) is 0 Å². The van der Waals surface area contributed by atoms with E-state index in [0.29, 0.717) is 16.6 Å². The molecule has 2 nitrogen and oxygen atoms in total. The van der Waals surface area contributed by atoms with E-state index in [1.54, 1.807) is 13.2 Å². The first kappa shape index (κ1) is 13.6. The van der Waals surface area contributed by atoms with E-state index >= 15 is 0 Å². The van der Waals surface area contributed by atoms with Crippen LogP contribution in [0.5, 0.6) is 0 Å². The highest BCUT2D eigenvalue weighted by molar-refractivity contribution is 9.10. The Labute approximate surface area is 104 Å². The summed E-state index contributed by atoms with van der Waals surface area (Å²) in [5, 5.41) is 10.1. The van der Waals surface area contributed by atoms with Crippen LogP contribution in [0.15, 0.2) is 22.7 Å². The molecule has 0 bridgehead atoms. The van der Waals surface area contributed by atoms with Crippen molar-refractivity contribution in [1.82, 2.24) is 0 Å². The Hall–Kier alpha value is -0.450. The number of aliphatic hydroxyl groups is 1. The fraction of sp³-hybridized carbons (Fsp3) is 0.500. The zero-order valence-electron chi connectivity index (χ0n) is 9.41. The Bertz CT molecular complexity index is 344. The van der Waals surface area contributed by atoms with Gasteiger partial charge in [0.1, 0.15) is 5.82 Å². The lowest BCUT2D eigenvalue weighted by atomic mass is 9.95. The fourth-order valence-electron chi connectivity index (χ4n) is 1.51. The number of halogens is 2. The third-order valence-electron chi connectivity index (χ3n) is 2.60. The number of hydrogen-bond acceptors (Lipinski definition) is 2. The van der Waals surface area contributed by atoms with E-state index in [1.807, 2.05) is 6.92 Å². The van der Waals surface area contributed by atoms with E-state index < -0.39 is 6.10 Å². The molecule has 0 aliphatic heterocycles. The molecule has 1 aromatic carbocycles. The maximum absolute atomic E-state index is 12.9. The van der Waals surface area contributed by atoms with Gasteiger partial charge in [-0.05, 0) is 30.0 Å². The van der Waals surface area contributed by atoms with Gasteiger partial charge in [0.05, 0.1) is 6.10 Å². The molecule has 2 atom stereocenters. The first-order valence-corrected chi connectivity index (χ1v) is 5.97. The van der Waals surface area contributed by atoms with Crippen molar-refractivity contribution < 1.29 is 14.2 Å². The minimum absolute atomic E-state index is 0.0710. The average Bonchev–Trinajstić information content (AvgIpc) is 2.25. The third kappa shape index (κ3) is 3.54. The quantitative estimate of drug-likeness (QED) is 0.902. The van der Waals surface area contributed by atoms with Gasteiger partial charge in [-0.2, -0.15) is 0 Å². The summed E-state index contributed by atoms with van der Waals surface area (Å²) in [5.41, 5.74) is 0.713. The molecule has 0 aliphatic rings. The van der Waals surface area contributed by atoms with Crippen LogP contribution in [0.3, 0.4) is 0 Å². The van der Waals surface area contributed by atoms with Gasteiger partial charge in [0, 0.05) is 18.2 Å². The number of methoxy groups -OCH3 is 1.